The Balaban J connectivity index is 2.12. The zero-order chi connectivity index (χ0) is 12.8. The molecule has 0 saturated carbocycles. The molecule has 0 radical (unpaired) electrons. The normalized spacial score (nSPS) is 23.6. The lowest BCUT2D eigenvalue weighted by Gasteiger charge is -2.55. The molecule has 0 N–H and O–H groups in total. The minimum absolute atomic E-state index is 0.318. The predicted octanol–water partition coefficient (Wildman–Crippen LogP) is 2.29. The van der Waals surface area contributed by atoms with Crippen LogP contribution in [0.25, 0.3) is 0 Å². The zero-order valence-corrected chi connectivity index (χ0v) is 10.3. The smallest absolute Gasteiger partial charge is 0.127 e. The van der Waals surface area contributed by atoms with Gasteiger partial charge in [-0.2, -0.15) is 5.26 Å². The Kier molecular flexibility index (Phi) is 2.60. The van der Waals surface area contributed by atoms with Crippen LogP contribution < -0.4 is 0 Å². The van der Waals surface area contributed by atoms with Crippen molar-refractivity contribution in [2.45, 2.75) is 5.41 Å². The quantitative estimate of drug-likeness (QED) is 0.826. The molecule has 3 nitrogen and oxygen atoms in total. The lowest BCUT2D eigenvalue weighted by molar-refractivity contribution is -0.202. The number of nitriles is 1. The summed E-state index contributed by atoms with van der Waals surface area (Å²) in [6, 6.07) is 6.72. The maximum atomic E-state index is 14.0. The maximum absolute atomic E-state index is 14.0. The number of hydrogen-bond acceptors (Lipinski definition) is 3. The molecule has 2 aliphatic heterocycles. The molecule has 0 spiro atoms. The maximum Gasteiger partial charge on any atom is 0.127 e. The number of ether oxygens (including phenoxy) is 2. The van der Waals surface area contributed by atoms with Gasteiger partial charge < -0.3 is 9.47 Å². The van der Waals surface area contributed by atoms with Crippen LogP contribution >= 0.6 is 11.6 Å². The molecule has 18 heavy (non-hydrogen) atoms. The van der Waals surface area contributed by atoms with Gasteiger partial charge in [-0.1, -0.05) is 11.6 Å². The standard InChI is InChI=1S/C13H11ClFNO2/c14-9-1-2-11(15)10(3-9)13(7-18-8-13)12(4-16)5-17-6-12/h1-3H,5-8H2. The third-order valence-electron chi connectivity index (χ3n) is 3.97. The number of halogens is 2. The van der Waals surface area contributed by atoms with Crippen LogP contribution in [0.2, 0.25) is 5.02 Å². The molecule has 2 saturated heterocycles. The first-order valence-corrected chi connectivity index (χ1v) is 6.04. The lowest BCUT2D eigenvalue weighted by Crippen LogP contribution is -2.66. The molecule has 1 aromatic carbocycles. The molecule has 0 amide bonds. The van der Waals surface area contributed by atoms with Crippen LogP contribution in [0, 0.1) is 22.6 Å². The van der Waals surface area contributed by atoms with Gasteiger partial charge >= 0.3 is 0 Å². The predicted molar refractivity (Wildman–Crippen MR) is 62.8 cm³/mol. The first-order valence-electron chi connectivity index (χ1n) is 5.66. The van der Waals surface area contributed by atoms with E-state index in [0.29, 0.717) is 37.0 Å². The highest BCUT2D eigenvalue weighted by atomic mass is 35.5. The van der Waals surface area contributed by atoms with E-state index in [1.54, 1.807) is 6.07 Å². The minimum Gasteiger partial charge on any atom is -0.379 e. The SMILES string of the molecule is N#CC1(C2(c3cc(Cl)ccc3F)COC2)COC1. The molecule has 2 fully saturated rings. The summed E-state index contributed by atoms with van der Waals surface area (Å²) < 4.78 is 24.5. The number of rotatable bonds is 2. The Morgan fingerprint density at radius 1 is 1.22 bits per heavy atom. The number of hydrogen-bond donors (Lipinski definition) is 0. The van der Waals surface area contributed by atoms with Gasteiger partial charge in [-0.05, 0) is 18.2 Å². The topological polar surface area (TPSA) is 42.2 Å². The van der Waals surface area contributed by atoms with Gasteiger partial charge in [0.25, 0.3) is 0 Å². The Morgan fingerprint density at radius 2 is 1.89 bits per heavy atom. The van der Waals surface area contributed by atoms with Gasteiger partial charge in [0.1, 0.15) is 11.2 Å². The van der Waals surface area contributed by atoms with Crippen molar-refractivity contribution >= 4 is 11.6 Å². The molecule has 94 valence electrons. The minimum atomic E-state index is -0.698. The van der Waals surface area contributed by atoms with Gasteiger partial charge in [0, 0.05) is 10.6 Å². The van der Waals surface area contributed by atoms with Crippen LogP contribution in [-0.4, -0.2) is 26.4 Å². The molecule has 2 aliphatic rings. The molecular formula is C13H11ClFNO2. The third-order valence-corrected chi connectivity index (χ3v) is 4.20. The molecule has 2 heterocycles. The molecular weight excluding hydrogens is 257 g/mol. The second kappa shape index (κ2) is 3.92. The largest absolute Gasteiger partial charge is 0.379 e. The van der Waals surface area contributed by atoms with Gasteiger partial charge in [0.2, 0.25) is 0 Å². The second-order valence-electron chi connectivity index (χ2n) is 4.89. The Bertz CT molecular complexity index is 532. The Morgan fingerprint density at radius 3 is 2.33 bits per heavy atom. The summed E-state index contributed by atoms with van der Waals surface area (Å²) in [5, 5.41) is 9.88. The van der Waals surface area contributed by atoms with Gasteiger partial charge in [-0.25, -0.2) is 4.39 Å². The van der Waals surface area contributed by atoms with E-state index in [2.05, 4.69) is 6.07 Å². The van der Waals surface area contributed by atoms with Crippen LogP contribution in [0.3, 0.4) is 0 Å². The van der Waals surface area contributed by atoms with Crippen LogP contribution in [-0.2, 0) is 14.9 Å². The summed E-state index contributed by atoms with van der Waals surface area (Å²) in [7, 11) is 0. The van der Waals surface area contributed by atoms with Crippen molar-refractivity contribution in [3.63, 3.8) is 0 Å². The van der Waals surface area contributed by atoms with E-state index in [0.717, 1.165) is 0 Å². The van der Waals surface area contributed by atoms with E-state index in [1.807, 2.05) is 0 Å². The molecule has 0 atom stereocenters. The fraction of sp³-hybridized carbons (Fsp3) is 0.462. The van der Waals surface area contributed by atoms with E-state index in [-0.39, 0.29) is 5.82 Å². The lowest BCUT2D eigenvalue weighted by atomic mass is 9.58. The summed E-state index contributed by atoms with van der Waals surface area (Å²) in [6.45, 7) is 1.31. The van der Waals surface area contributed by atoms with Gasteiger partial charge in [-0.15, -0.1) is 0 Å². The molecule has 0 aromatic heterocycles. The van der Waals surface area contributed by atoms with Crippen molar-refractivity contribution in [2.75, 3.05) is 26.4 Å². The molecule has 0 unspecified atom stereocenters. The van der Waals surface area contributed by atoms with Crippen molar-refractivity contribution in [1.29, 1.82) is 5.26 Å². The van der Waals surface area contributed by atoms with Crippen LogP contribution in [0.4, 0.5) is 4.39 Å². The van der Waals surface area contributed by atoms with Crippen molar-refractivity contribution in [1.82, 2.24) is 0 Å². The van der Waals surface area contributed by atoms with E-state index in [4.69, 9.17) is 21.1 Å². The fourth-order valence-electron chi connectivity index (χ4n) is 2.61. The summed E-state index contributed by atoms with van der Waals surface area (Å²) in [5.74, 6) is -0.343. The molecule has 0 bridgehead atoms. The second-order valence-corrected chi connectivity index (χ2v) is 5.32. The van der Waals surface area contributed by atoms with Crippen molar-refractivity contribution in [3.05, 3.63) is 34.6 Å². The van der Waals surface area contributed by atoms with E-state index in [9.17, 15) is 9.65 Å². The van der Waals surface area contributed by atoms with Crippen molar-refractivity contribution in [2.24, 2.45) is 5.41 Å². The Hall–Kier alpha value is -1.15. The van der Waals surface area contributed by atoms with Crippen LogP contribution in [0.1, 0.15) is 5.56 Å². The van der Waals surface area contributed by atoms with Crippen LogP contribution in [0.15, 0.2) is 18.2 Å². The fourth-order valence-corrected chi connectivity index (χ4v) is 2.79. The summed E-state index contributed by atoms with van der Waals surface area (Å²) in [5.41, 5.74) is -0.864. The average Bonchev–Trinajstić information content (AvgIpc) is 2.25. The monoisotopic (exact) mass is 267 g/mol. The van der Waals surface area contributed by atoms with Gasteiger partial charge in [0.05, 0.1) is 37.9 Å². The zero-order valence-electron chi connectivity index (χ0n) is 9.58. The van der Waals surface area contributed by atoms with Crippen LogP contribution in [0.5, 0.6) is 0 Å². The average molecular weight is 268 g/mol. The highest BCUT2D eigenvalue weighted by Gasteiger charge is 2.62. The number of nitrogens with zero attached hydrogens (tertiary/aromatic N) is 1. The highest BCUT2D eigenvalue weighted by Crippen LogP contribution is 2.52. The summed E-state index contributed by atoms with van der Waals surface area (Å²) in [6.07, 6.45) is 0. The first-order chi connectivity index (χ1) is 8.63. The summed E-state index contributed by atoms with van der Waals surface area (Å²) in [4.78, 5) is 0. The van der Waals surface area contributed by atoms with Crippen molar-refractivity contribution in [3.8, 4) is 6.07 Å². The molecule has 1 aromatic rings. The van der Waals surface area contributed by atoms with Crippen molar-refractivity contribution < 1.29 is 13.9 Å². The molecule has 3 rings (SSSR count). The van der Waals surface area contributed by atoms with E-state index >= 15 is 0 Å². The first kappa shape index (κ1) is 11.9. The highest BCUT2D eigenvalue weighted by molar-refractivity contribution is 6.30. The number of benzene rings is 1. The molecule has 0 aliphatic carbocycles. The van der Waals surface area contributed by atoms with Gasteiger partial charge in [-0.3, -0.25) is 0 Å². The third kappa shape index (κ3) is 1.36. The van der Waals surface area contributed by atoms with Gasteiger partial charge in [0.15, 0.2) is 0 Å². The Labute approximate surface area is 109 Å². The van der Waals surface area contributed by atoms with E-state index in [1.165, 1.54) is 12.1 Å². The van der Waals surface area contributed by atoms with E-state index < -0.39 is 10.8 Å². The summed E-state index contributed by atoms with van der Waals surface area (Å²) >= 11 is 5.94. The molecule has 5 heteroatoms.